The molecule has 0 saturated carbocycles. The Hall–Kier alpha value is -1.94. The summed E-state index contributed by atoms with van der Waals surface area (Å²) < 4.78 is 19.3. The third kappa shape index (κ3) is 2.90. The summed E-state index contributed by atoms with van der Waals surface area (Å²) in [6, 6.07) is 6.44. The van der Waals surface area contributed by atoms with Gasteiger partial charge in [0, 0.05) is 11.8 Å². The van der Waals surface area contributed by atoms with Gasteiger partial charge in [-0.2, -0.15) is 0 Å². The third-order valence-electron chi connectivity index (χ3n) is 2.92. The number of aryl methyl sites for hydroxylation is 2. The van der Waals surface area contributed by atoms with E-state index in [9.17, 15) is 9.50 Å². The zero-order chi connectivity index (χ0) is 14.0. The molecular formula is C15H16FNO2. The quantitative estimate of drug-likeness (QED) is 0.916. The minimum atomic E-state index is -0.804. The average Bonchev–Trinajstić information content (AvgIpc) is 2.36. The number of benzene rings is 1. The van der Waals surface area contributed by atoms with Gasteiger partial charge in [0.25, 0.3) is 0 Å². The molecule has 1 heterocycles. The van der Waals surface area contributed by atoms with E-state index in [1.807, 2.05) is 6.92 Å². The van der Waals surface area contributed by atoms with Gasteiger partial charge in [0.05, 0.1) is 11.8 Å². The molecule has 19 heavy (non-hydrogen) atoms. The van der Waals surface area contributed by atoms with Crippen LogP contribution < -0.4 is 4.74 Å². The topological polar surface area (TPSA) is 42.4 Å². The van der Waals surface area contributed by atoms with Crippen LogP contribution in [0.5, 0.6) is 11.5 Å². The Morgan fingerprint density at radius 2 is 2.00 bits per heavy atom. The number of ether oxygens (including phenoxy) is 1. The summed E-state index contributed by atoms with van der Waals surface area (Å²) in [5, 5.41) is 9.70. The van der Waals surface area contributed by atoms with Crippen LogP contribution in [0.15, 0.2) is 30.5 Å². The first-order chi connectivity index (χ1) is 8.99. The fraction of sp³-hybridized carbons (Fsp3) is 0.267. The summed E-state index contributed by atoms with van der Waals surface area (Å²) in [5.74, 6) is 0.687. The molecule has 1 N–H and O–H groups in total. The Bertz CT molecular complexity index is 597. The predicted molar refractivity (Wildman–Crippen MR) is 70.8 cm³/mol. The zero-order valence-electron chi connectivity index (χ0n) is 11.1. The minimum absolute atomic E-state index is 0.355. The fourth-order valence-corrected chi connectivity index (χ4v) is 1.78. The lowest BCUT2D eigenvalue weighted by atomic mass is 10.1. The van der Waals surface area contributed by atoms with Crippen LogP contribution in [0.3, 0.4) is 0 Å². The van der Waals surface area contributed by atoms with Crippen LogP contribution in [-0.4, -0.2) is 10.1 Å². The molecule has 0 aliphatic heterocycles. The number of rotatable bonds is 3. The molecule has 1 atom stereocenters. The van der Waals surface area contributed by atoms with E-state index >= 15 is 0 Å². The largest absolute Gasteiger partial charge is 0.455 e. The van der Waals surface area contributed by atoms with Crippen molar-refractivity contribution in [1.29, 1.82) is 0 Å². The van der Waals surface area contributed by atoms with Crippen molar-refractivity contribution in [1.82, 2.24) is 4.98 Å². The van der Waals surface area contributed by atoms with E-state index in [-0.39, 0.29) is 5.82 Å². The molecule has 4 heteroatoms. The Morgan fingerprint density at radius 1 is 1.26 bits per heavy atom. The first kappa shape index (κ1) is 13.5. The van der Waals surface area contributed by atoms with Crippen LogP contribution in [0.25, 0.3) is 0 Å². The standard InChI is InChI=1S/C15H16FNO2/c1-9-7-15(12(11(3)18)8-13(9)16)19-14-5-4-6-17-10(14)2/h4-8,11,18H,1-3H3/t11-/m1/s1. The molecule has 0 bridgehead atoms. The van der Waals surface area contributed by atoms with Gasteiger partial charge in [-0.05, 0) is 50.6 Å². The highest BCUT2D eigenvalue weighted by molar-refractivity contribution is 5.43. The van der Waals surface area contributed by atoms with Crippen molar-refractivity contribution in [2.45, 2.75) is 26.9 Å². The Morgan fingerprint density at radius 3 is 2.63 bits per heavy atom. The van der Waals surface area contributed by atoms with E-state index in [2.05, 4.69) is 4.98 Å². The lowest BCUT2D eigenvalue weighted by Gasteiger charge is -2.15. The van der Waals surface area contributed by atoms with Crippen LogP contribution in [0, 0.1) is 19.7 Å². The van der Waals surface area contributed by atoms with E-state index < -0.39 is 6.10 Å². The molecule has 0 spiro atoms. The highest BCUT2D eigenvalue weighted by Gasteiger charge is 2.14. The molecule has 100 valence electrons. The Balaban J connectivity index is 2.45. The summed E-state index contributed by atoms with van der Waals surface area (Å²) in [5.41, 5.74) is 1.63. The SMILES string of the molecule is Cc1cc(Oc2cccnc2C)c([C@@H](C)O)cc1F. The predicted octanol–water partition coefficient (Wildman–Crippen LogP) is 3.68. The molecule has 2 aromatic rings. The number of aliphatic hydroxyl groups excluding tert-OH is 1. The third-order valence-corrected chi connectivity index (χ3v) is 2.92. The fourth-order valence-electron chi connectivity index (χ4n) is 1.78. The average molecular weight is 261 g/mol. The molecule has 0 radical (unpaired) electrons. The highest BCUT2D eigenvalue weighted by Crippen LogP contribution is 2.32. The van der Waals surface area contributed by atoms with Gasteiger partial charge in [-0.15, -0.1) is 0 Å². The molecule has 0 aliphatic rings. The van der Waals surface area contributed by atoms with Gasteiger partial charge in [0.1, 0.15) is 17.3 Å². The van der Waals surface area contributed by atoms with Gasteiger partial charge < -0.3 is 9.84 Å². The van der Waals surface area contributed by atoms with E-state index in [0.717, 1.165) is 5.69 Å². The molecule has 0 amide bonds. The van der Waals surface area contributed by atoms with Gasteiger partial charge in [-0.25, -0.2) is 4.39 Å². The molecule has 0 aliphatic carbocycles. The monoisotopic (exact) mass is 261 g/mol. The van der Waals surface area contributed by atoms with Crippen molar-refractivity contribution in [3.8, 4) is 11.5 Å². The second kappa shape index (κ2) is 5.36. The smallest absolute Gasteiger partial charge is 0.148 e. The summed E-state index contributed by atoms with van der Waals surface area (Å²) in [6.07, 6.45) is 0.871. The maximum atomic E-state index is 13.6. The van der Waals surface area contributed by atoms with Gasteiger partial charge in [-0.1, -0.05) is 0 Å². The molecule has 0 unspecified atom stereocenters. The number of aromatic nitrogens is 1. The highest BCUT2D eigenvalue weighted by atomic mass is 19.1. The lowest BCUT2D eigenvalue weighted by molar-refractivity contribution is 0.195. The maximum absolute atomic E-state index is 13.6. The van der Waals surface area contributed by atoms with Crippen LogP contribution in [0.2, 0.25) is 0 Å². The zero-order valence-corrected chi connectivity index (χ0v) is 11.1. The normalized spacial score (nSPS) is 12.3. The molecule has 0 fully saturated rings. The van der Waals surface area contributed by atoms with Gasteiger partial charge in [0.2, 0.25) is 0 Å². The first-order valence-electron chi connectivity index (χ1n) is 6.06. The number of nitrogens with zero attached hydrogens (tertiary/aromatic N) is 1. The van der Waals surface area contributed by atoms with Crippen molar-refractivity contribution in [2.75, 3.05) is 0 Å². The minimum Gasteiger partial charge on any atom is -0.455 e. The number of hydrogen-bond acceptors (Lipinski definition) is 3. The van der Waals surface area contributed by atoms with E-state index in [0.29, 0.717) is 22.6 Å². The van der Waals surface area contributed by atoms with E-state index in [4.69, 9.17) is 4.74 Å². The lowest BCUT2D eigenvalue weighted by Crippen LogP contribution is -2.00. The van der Waals surface area contributed by atoms with Gasteiger partial charge >= 0.3 is 0 Å². The summed E-state index contributed by atoms with van der Waals surface area (Å²) >= 11 is 0. The van der Waals surface area contributed by atoms with Crippen molar-refractivity contribution in [3.63, 3.8) is 0 Å². The summed E-state index contributed by atoms with van der Waals surface area (Å²) in [4.78, 5) is 4.13. The molecule has 3 nitrogen and oxygen atoms in total. The molecule has 0 saturated heterocycles. The van der Waals surface area contributed by atoms with Crippen LogP contribution in [0.4, 0.5) is 4.39 Å². The molecule has 1 aromatic heterocycles. The Kier molecular flexibility index (Phi) is 3.81. The number of aliphatic hydroxyl groups is 1. The van der Waals surface area contributed by atoms with Crippen LogP contribution >= 0.6 is 0 Å². The van der Waals surface area contributed by atoms with Crippen molar-refractivity contribution in [3.05, 3.63) is 53.1 Å². The molecule has 1 aromatic carbocycles. The number of pyridine rings is 1. The second-order valence-electron chi connectivity index (χ2n) is 4.50. The van der Waals surface area contributed by atoms with E-state index in [1.165, 1.54) is 6.07 Å². The van der Waals surface area contributed by atoms with Crippen molar-refractivity contribution >= 4 is 0 Å². The van der Waals surface area contributed by atoms with Gasteiger partial charge in [0.15, 0.2) is 0 Å². The second-order valence-corrected chi connectivity index (χ2v) is 4.50. The maximum Gasteiger partial charge on any atom is 0.148 e. The number of hydrogen-bond donors (Lipinski definition) is 1. The summed E-state index contributed by atoms with van der Waals surface area (Å²) in [7, 11) is 0. The van der Waals surface area contributed by atoms with Crippen molar-refractivity contribution < 1.29 is 14.2 Å². The van der Waals surface area contributed by atoms with Crippen molar-refractivity contribution in [2.24, 2.45) is 0 Å². The van der Waals surface area contributed by atoms with Crippen LogP contribution in [0.1, 0.15) is 29.8 Å². The van der Waals surface area contributed by atoms with E-state index in [1.54, 1.807) is 38.2 Å². The molecular weight excluding hydrogens is 245 g/mol. The van der Waals surface area contributed by atoms with Crippen LogP contribution in [-0.2, 0) is 0 Å². The Labute approximate surface area is 111 Å². The summed E-state index contributed by atoms with van der Waals surface area (Å²) in [6.45, 7) is 5.06. The first-order valence-corrected chi connectivity index (χ1v) is 6.06. The molecule has 2 rings (SSSR count). The number of halogens is 1. The van der Waals surface area contributed by atoms with Gasteiger partial charge in [-0.3, -0.25) is 4.98 Å².